The first kappa shape index (κ1) is 12.2. The summed E-state index contributed by atoms with van der Waals surface area (Å²) in [7, 11) is 0. The molecule has 96 valence electrons. The number of fused-ring (bicyclic) bond motifs is 1. The van der Waals surface area contributed by atoms with Crippen molar-refractivity contribution in [2.75, 3.05) is 10.6 Å². The molecule has 0 saturated carbocycles. The molecule has 4 heteroatoms. The highest BCUT2D eigenvalue weighted by Gasteiger charge is 2.30. The van der Waals surface area contributed by atoms with E-state index in [1.807, 2.05) is 37.3 Å². The van der Waals surface area contributed by atoms with Crippen molar-refractivity contribution in [1.29, 1.82) is 0 Å². The third-order valence-electron chi connectivity index (χ3n) is 3.42. The van der Waals surface area contributed by atoms with E-state index < -0.39 is 0 Å². The maximum atomic E-state index is 12.5. The first-order valence-corrected chi connectivity index (χ1v) is 6.82. The van der Waals surface area contributed by atoms with Gasteiger partial charge in [0.1, 0.15) is 0 Å². The highest BCUT2D eigenvalue weighted by Crippen LogP contribution is 2.33. The van der Waals surface area contributed by atoms with Gasteiger partial charge in [0.05, 0.1) is 12.1 Å². The first-order chi connectivity index (χ1) is 9.08. The zero-order chi connectivity index (χ0) is 13.6. The Hall–Kier alpha value is -1.81. The van der Waals surface area contributed by atoms with Crippen LogP contribution < -0.4 is 10.6 Å². The van der Waals surface area contributed by atoms with Crippen LogP contribution in [0.4, 0.5) is 11.4 Å². The number of benzene rings is 2. The molecular formula is C15H13BrN2O. The van der Waals surface area contributed by atoms with Crippen LogP contribution in [0.3, 0.4) is 0 Å². The van der Waals surface area contributed by atoms with Gasteiger partial charge in [-0.05, 0) is 42.3 Å². The van der Waals surface area contributed by atoms with E-state index in [1.54, 1.807) is 11.0 Å². The molecule has 2 aromatic carbocycles. The molecule has 0 spiro atoms. The summed E-state index contributed by atoms with van der Waals surface area (Å²) in [6, 6.07) is 11.5. The van der Waals surface area contributed by atoms with Crippen molar-refractivity contribution in [2.45, 2.75) is 13.5 Å². The molecule has 0 radical (unpaired) electrons. The van der Waals surface area contributed by atoms with Gasteiger partial charge in [0.15, 0.2) is 0 Å². The number of hydrogen-bond donors (Lipinski definition) is 1. The predicted octanol–water partition coefficient (Wildman–Crippen LogP) is 3.50. The van der Waals surface area contributed by atoms with E-state index >= 15 is 0 Å². The molecule has 0 aliphatic carbocycles. The number of anilines is 2. The number of amides is 1. The first-order valence-electron chi connectivity index (χ1n) is 6.03. The number of rotatable bonds is 1. The summed E-state index contributed by atoms with van der Waals surface area (Å²) in [5.41, 5.74) is 10.1. The summed E-state index contributed by atoms with van der Waals surface area (Å²) in [4.78, 5) is 14.3. The second kappa shape index (κ2) is 4.38. The normalized spacial score (nSPS) is 13.8. The Labute approximate surface area is 120 Å². The largest absolute Gasteiger partial charge is 0.398 e. The fourth-order valence-corrected chi connectivity index (χ4v) is 2.98. The van der Waals surface area contributed by atoms with Crippen molar-refractivity contribution in [3.05, 3.63) is 57.6 Å². The Balaban J connectivity index is 2.07. The Kier molecular flexibility index (Phi) is 2.82. The minimum atomic E-state index is -0.0153. The number of halogens is 1. The monoisotopic (exact) mass is 316 g/mol. The lowest BCUT2D eigenvalue weighted by atomic mass is 10.1. The van der Waals surface area contributed by atoms with E-state index in [2.05, 4.69) is 15.9 Å². The van der Waals surface area contributed by atoms with Gasteiger partial charge in [-0.1, -0.05) is 28.1 Å². The van der Waals surface area contributed by atoms with Crippen LogP contribution in [0.15, 0.2) is 40.9 Å². The summed E-state index contributed by atoms with van der Waals surface area (Å²) < 4.78 is 1.01. The van der Waals surface area contributed by atoms with E-state index in [1.165, 1.54) is 0 Å². The molecule has 2 aromatic rings. The number of carbonyl (C=O) groups is 1. The van der Waals surface area contributed by atoms with Gasteiger partial charge in [0, 0.05) is 15.8 Å². The molecule has 0 atom stereocenters. The second-order valence-electron chi connectivity index (χ2n) is 4.70. The molecule has 0 unspecified atom stereocenters. The van der Waals surface area contributed by atoms with Crippen molar-refractivity contribution >= 4 is 33.2 Å². The SMILES string of the molecule is Cc1cc(Br)ccc1N1Cc2cccc(N)c2C1=O. The minimum absolute atomic E-state index is 0.0153. The van der Waals surface area contributed by atoms with Crippen LogP contribution in [0, 0.1) is 6.92 Å². The summed E-state index contributed by atoms with van der Waals surface area (Å²) in [6.45, 7) is 2.58. The van der Waals surface area contributed by atoms with Gasteiger partial charge < -0.3 is 10.6 Å². The number of aryl methyl sites for hydroxylation is 1. The summed E-state index contributed by atoms with van der Waals surface area (Å²) in [6.07, 6.45) is 0. The highest BCUT2D eigenvalue weighted by molar-refractivity contribution is 9.10. The summed E-state index contributed by atoms with van der Waals surface area (Å²) in [5.74, 6) is -0.0153. The van der Waals surface area contributed by atoms with E-state index in [-0.39, 0.29) is 5.91 Å². The van der Waals surface area contributed by atoms with E-state index in [9.17, 15) is 4.79 Å². The molecule has 1 aliphatic heterocycles. The Bertz CT molecular complexity index is 682. The Morgan fingerprint density at radius 3 is 2.74 bits per heavy atom. The standard InChI is InChI=1S/C15H13BrN2O/c1-9-7-11(16)5-6-13(9)18-8-10-3-2-4-12(17)14(10)15(18)19/h2-7H,8,17H2,1H3. The average molecular weight is 317 g/mol. The average Bonchev–Trinajstić information content (AvgIpc) is 2.68. The smallest absolute Gasteiger partial charge is 0.261 e. The van der Waals surface area contributed by atoms with Crippen molar-refractivity contribution in [3.8, 4) is 0 Å². The number of hydrogen-bond acceptors (Lipinski definition) is 2. The number of nitrogens with zero attached hydrogens (tertiary/aromatic N) is 1. The molecule has 1 aliphatic rings. The zero-order valence-electron chi connectivity index (χ0n) is 10.5. The minimum Gasteiger partial charge on any atom is -0.398 e. The van der Waals surface area contributed by atoms with Gasteiger partial charge in [-0.15, -0.1) is 0 Å². The van der Waals surface area contributed by atoms with Crippen LogP contribution in [0.2, 0.25) is 0 Å². The highest BCUT2D eigenvalue weighted by atomic mass is 79.9. The van der Waals surface area contributed by atoms with E-state index in [4.69, 9.17) is 5.73 Å². The van der Waals surface area contributed by atoms with Gasteiger partial charge in [-0.25, -0.2) is 0 Å². The predicted molar refractivity (Wildman–Crippen MR) is 80.2 cm³/mol. The maximum Gasteiger partial charge on any atom is 0.261 e. The van der Waals surface area contributed by atoms with Crippen molar-refractivity contribution < 1.29 is 4.79 Å². The number of carbonyl (C=O) groups excluding carboxylic acids is 1. The van der Waals surface area contributed by atoms with Crippen LogP contribution in [-0.2, 0) is 6.54 Å². The Morgan fingerprint density at radius 1 is 1.26 bits per heavy atom. The summed E-state index contributed by atoms with van der Waals surface area (Å²) in [5, 5.41) is 0. The van der Waals surface area contributed by atoms with Gasteiger partial charge in [0.25, 0.3) is 5.91 Å². The third-order valence-corrected chi connectivity index (χ3v) is 3.91. The molecule has 1 heterocycles. The lowest BCUT2D eigenvalue weighted by Crippen LogP contribution is -2.24. The molecular weight excluding hydrogens is 304 g/mol. The quantitative estimate of drug-likeness (QED) is 0.818. The van der Waals surface area contributed by atoms with E-state index in [0.29, 0.717) is 17.8 Å². The van der Waals surface area contributed by atoms with Crippen molar-refractivity contribution in [1.82, 2.24) is 0 Å². The molecule has 3 rings (SSSR count). The molecule has 1 amide bonds. The fourth-order valence-electron chi connectivity index (χ4n) is 2.51. The maximum absolute atomic E-state index is 12.5. The van der Waals surface area contributed by atoms with Crippen molar-refractivity contribution in [3.63, 3.8) is 0 Å². The lowest BCUT2D eigenvalue weighted by Gasteiger charge is -2.18. The number of nitrogens with two attached hydrogens (primary N) is 1. The van der Waals surface area contributed by atoms with Crippen LogP contribution in [-0.4, -0.2) is 5.91 Å². The fraction of sp³-hybridized carbons (Fsp3) is 0.133. The third kappa shape index (κ3) is 1.92. The molecule has 0 fully saturated rings. The van der Waals surface area contributed by atoms with Crippen LogP contribution in [0.1, 0.15) is 21.5 Å². The molecule has 0 saturated heterocycles. The van der Waals surface area contributed by atoms with Gasteiger partial charge in [0.2, 0.25) is 0 Å². The topological polar surface area (TPSA) is 46.3 Å². The number of nitrogen functional groups attached to an aromatic ring is 1. The van der Waals surface area contributed by atoms with Crippen molar-refractivity contribution in [2.24, 2.45) is 0 Å². The summed E-state index contributed by atoms with van der Waals surface area (Å²) >= 11 is 3.44. The zero-order valence-corrected chi connectivity index (χ0v) is 12.1. The van der Waals surface area contributed by atoms with Crippen LogP contribution in [0.25, 0.3) is 0 Å². The second-order valence-corrected chi connectivity index (χ2v) is 5.62. The molecule has 0 bridgehead atoms. The van der Waals surface area contributed by atoms with Crippen LogP contribution in [0.5, 0.6) is 0 Å². The lowest BCUT2D eigenvalue weighted by molar-refractivity contribution is 0.0997. The molecule has 2 N–H and O–H groups in total. The molecule has 3 nitrogen and oxygen atoms in total. The molecule has 19 heavy (non-hydrogen) atoms. The Morgan fingerprint density at radius 2 is 2.05 bits per heavy atom. The van der Waals surface area contributed by atoms with E-state index in [0.717, 1.165) is 21.3 Å². The molecule has 0 aromatic heterocycles. The van der Waals surface area contributed by atoms with Crippen LogP contribution >= 0.6 is 15.9 Å². The van der Waals surface area contributed by atoms with Gasteiger partial charge in [-0.3, -0.25) is 4.79 Å². The van der Waals surface area contributed by atoms with Gasteiger partial charge in [-0.2, -0.15) is 0 Å². The van der Waals surface area contributed by atoms with Gasteiger partial charge >= 0.3 is 0 Å².